The van der Waals surface area contributed by atoms with Crippen LogP contribution in [0.2, 0.25) is 10.0 Å². The predicted molar refractivity (Wildman–Crippen MR) is 112 cm³/mol. The third-order valence-corrected chi connectivity index (χ3v) is 7.91. The van der Waals surface area contributed by atoms with Crippen LogP contribution in [0.5, 0.6) is 5.75 Å². The molecule has 0 aliphatic heterocycles. The van der Waals surface area contributed by atoms with E-state index in [1.165, 1.54) is 4.91 Å². The molecular weight excluding hydrogens is 478 g/mol. The molecule has 0 saturated heterocycles. The molecule has 0 aromatic heterocycles. The van der Waals surface area contributed by atoms with Crippen LogP contribution in [0.15, 0.2) is 29.2 Å². The van der Waals surface area contributed by atoms with Gasteiger partial charge in [-0.25, -0.2) is 0 Å². The van der Waals surface area contributed by atoms with Crippen LogP contribution in [0.3, 0.4) is 0 Å². The van der Waals surface area contributed by atoms with Crippen molar-refractivity contribution in [3.8, 4) is 5.75 Å². The van der Waals surface area contributed by atoms with Crippen molar-refractivity contribution in [1.82, 2.24) is 0 Å². The predicted octanol–water partition coefficient (Wildman–Crippen LogP) is 6.53. The highest BCUT2D eigenvalue weighted by atomic mass is 127. The van der Waals surface area contributed by atoms with Crippen molar-refractivity contribution in [3.63, 3.8) is 0 Å². The Bertz CT molecular complexity index is 711. The van der Waals surface area contributed by atoms with E-state index in [-0.39, 0.29) is 17.4 Å². The summed E-state index contributed by atoms with van der Waals surface area (Å²) in [6, 6.07) is 3.79. The summed E-state index contributed by atoms with van der Waals surface area (Å²) in [5.74, 6) is 0.781. The highest BCUT2D eigenvalue weighted by molar-refractivity contribution is 14.2. The molecule has 0 bridgehead atoms. The largest absolute Gasteiger partial charge is 0.494 e. The van der Waals surface area contributed by atoms with Gasteiger partial charge in [0.25, 0.3) is 0 Å². The van der Waals surface area contributed by atoms with E-state index in [0.717, 1.165) is 36.0 Å². The molecule has 1 fully saturated rings. The zero-order chi connectivity index (χ0) is 17.6. The highest BCUT2D eigenvalue weighted by Crippen LogP contribution is 2.60. The first-order valence-electron chi connectivity index (χ1n) is 7.73. The van der Waals surface area contributed by atoms with Crippen molar-refractivity contribution in [3.05, 3.63) is 44.8 Å². The number of benzene rings is 1. The number of allylic oxidation sites excluding steroid dienone is 3. The second kappa shape index (κ2) is 7.03. The first-order valence-corrected chi connectivity index (χ1v) is 11.8. The van der Waals surface area contributed by atoms with E-state index in [1.54, 1.807) is 16.0 Å². The van der Waals surface area contributed by atoms with E-state index in [2.05, 4.69) is 34.7 Å². The van der Waals surface area contributed by atoms with Crippen LogP contribution in [0.4, 0.5) is 0 Å². The number of rotatable bonds is 3. The number of aliphatic hydroxyl groups is 1. The molecule has 2 aliphatic carbocycles. The molecule has 0 heterocycles. The van der Waals surface area contributed by atoms with Gasteiger partial charge < -0.3 is 9.84 Å². The molecular formula is C18H19Cl2IO2S. The van der Waals surface area contributed by atoms with Crippen molar-refractivity contribution in [2.45, 2.75) is 32.3 Å². The maximum absolute atomic E-state index is 10.2. The van der Waals surface area contributed by atoms with Gasteiger partial charge in [-0.15, -0.1) is 0 Å². The molecule has 24 heavy (non-hydrogen) atoms. The molecule has 0 radical (unpaired) electrons. The Balaban J connectivity index is 2.12. The Kier molecular flexibility index (Phi) is 5.53. The highest BCUT2D eigenvalue weighted by Gasteiger charge is 2.48. The van der Waals surface area contributed by atoms with Gasteiger partial charge in [0.2, 0.25) is 0 Å². The molecule has 0 spiro atoms. The molecule has 2 aliphatic rings. The van der Waals surface area contributed by atoms with Crippen LogP contribution in [-0.2, 0) is 0 Å². The lowest BCUT2D eigenvalue weighted by Crippen LogP contribution is -2.28. The van der Waals surface area contributed by atoms with Crippen LogP contribution < -0.4 is 4.74 Å². The minimum absolute atomic E-state index is 0.0769. The number of hydrogen-bond acceptors (Lipinski definition) is 3. The Morgan fingerprint density at radius 3 is 2.54 bits per heavy atom. The summed E-state index contributed by atoms with van der Waals surface area (Å²) in [7, 11) is 3.27. The van der Waals surface area contributed by atoms with Crippen molar-refractivity contribution >= 4 is 58.9 Å². The van der Waals surface area contributed by atoms with Gasteiger partial charge in [0.1, 0.15) is 0 Å². The number of ether oxygens (including phenoxy) is 1. The maximum atomic E-state index is 10.2. The normalized spacial score (nSPS) is 29.8. The van der Waals surface area contributed by atoms with Gasteiger partial charge in [0, 0.05) is 26.1 Å². The molecule has 0 unspecified atom stereocenters. The second-order valence-electron chi connectivity index (χ2n) is 6.85. The minimum atomic E-state index is -0.250. The Morgan fingerprint density at radius 2 is 2.00 bits per heavy atom. The third kappa shape index (κ3) is 3.13. The Hall–Kier alpha value is 0.120. The van der Waals surface area contributed by atoms with Gasteiger partial charge in [-0.3, -0.25) is 0 Å². The number of hydrogen-bond donors (Lipinski definition) is 1. The number of fused-ring (bicyclic) bond motifs is 1. The van der Waals surface area contributed by atoms with Crippen LogP contribution >= 0.6 is 53.3 Å². The molecule has 1 aromatic carbocycles. The lowest BCUT2D eigenvalue weighted by atomic mass is 9.67. The fraction of sp³-hybridized carbons (Fsp3) is 0.444. The Morgan fingerprint density at radius 1 is 1.38 bits per heavy atom. The van der Waals surface area contributed by atoms with Gasteiger partial charge in [-0.05, 0) is 59.4 Å². The van der Waals surface area contributed by atoms with Crippen molar-refractivity contribution in [2.75, 3.05) is 7.11 Å². The van der Waals surface area contributed by atoms with Gasteiger partial charge in [0.05, 0.1) is 23.3 Å². The standard InChI is InChI=1S/C18H19Cl2IO2S/c1-9-12-6-11(22)7-18(12,2)8-15(24-21)16(9)10-4-13(19)17(23-3)14(20)5-10/h4-5,11-12,22H,1,6-8H2,2-3H3/t11-,12+,18+/m0/s1. The summed E-state index contributed by atoms with van der Waals surface area (Å²) in [5, 5.41) is 11.2. The summed E-state index contributed by atoms with van der Waals surface area (Å²) in [4.78, 5) is 1.27. The van der Waals surface area contributed by atoms with E-state index in [1.807, 2.05) is 12.1 Å². The van der Waals surface area contributed by atoms with Crippen LogP contribution in [-0.4, -0.2) is 18.3 Å². The first-order chi connectivity index (χ1) is 11.3. The molecule has 3 rings (SSSR count). The molecule has 6 heteroatoms. The van der Waals surface area contributed by atoms with Crippen molar-refractivity contribution in [1.29, 1.82) is 0 Å². The summed E-state index contributed by atoms with van der Waals surface area (Å²) in [5.41, 5.74) is 3.25. The molecule has 130 valence electrons. The zero-order valence-corrected chi connectivity index (χ0v) is 18.0. The zero-order valence-electron chi connectivity index (χ0n) is 13.5. The van der Waals surface area contributed by atoms with Gasteiger partial charge in [-0.2, -0.15) is 0 Å². The molecule has 2 nitrogen and oxygen atoms in total. The number of methoxy groups -OCH3 is 1. The fourth-order valence-corrected chi connectivity index (χ4v) is 6.68. The van der Waals surface area contributed by atoms with Gasteiger partial charge >= 0.3 is 0 Å². The number of halogens is 3. The average Bonchev–Trinajstić information content (AvgIpc) is 2.81. The molecule has 0 amide bonds. The minimum Gasteiger partial charge on any atom is -0.494 e. The molecule has 1 aromatic rings. The molecule has 3 atom stereocenters. The van der Waals surface area contributed by atoms with Crippen molar-refractivity contribution < 1.29 is 9.84 Å². The van der Waals surface area contributed by atoms with E-state index in [0.29, 0.717) is 15.8 Å². The Labute approximate surface area is 169 Å². The lowest BCUT2D eigenvalue weighted by Gasteiger charge is -2.39. The smallest absolute Gasteiger partial charge is 0.156 e. The summed E-state index contributed by atoms with van der Waals surface area (Å²) in [6.45, 7) is 6.65. The van der Waals surface area contributed by atoms with E-state index in [9.17, 15) is 5.11 Å². The maximum Gasteiger partial charge on any atom is 0.156 e. The SMILES string of the molecule is C=C1C(c2cc(Cl)c(OC)c(Cl)c2)=C(SI)C[C@@]2(C)C[C@@H](O)C[C@H]12. The lowest BCUT2D eigenvalue weighted by molar-refractivity contribution is 0.163. The fourth-order valence-electron chi connectivity index (χ4n) is 4.20. The van der Waals surface area contributed by atoms with Gasteiger partial charge in [-0.1, -0.05) is 45.6 Å². The number of aliphatic hydroxyl groups excluding tert-OH is 1. The average molecular weight is 497 g/mol. The summed E-state index contributed by atoms with van der Waals surface area (Å²) >= 11 is 15.0. The molecule has 1 saturated carbocycles. The second-order valence-corrected chi connectivity index (χ2v) is 9.63. The van der Waals surface area contributed by atoms with Crippen molar-refractivity contribution in [2.24, 2.45) is 11.3 Å². The molecule has 1 N–H and O–H groups in total. The van der Waals surface area contributed by atoms with E-state index < -0.39 is 0 Å². The van der Waals surface area contributed by atoms with Crippen LogP contribution in [0.1, 0.15) is 31.7 Å². The van der Waals surface area contributed by atoms with Crippen LogP contribution in [0, 0.1) is 11.3 Å². The van der Waals surface area contributed by atoms with Crippen LogP contribution in [0.25, 0.3) is 5.57 Å². The van der Waals surface area contributed by atoms with Gasteiger partial charge in [0.15, 0.2) is 5.75 Å². The monoisotopic (exact) mass is 496 g/mol. The third-order valence-electron chi connectivity index (χ3n) is 5.22. The summed E-state index contributed by atoms with van der Waals surface area (Å²) in [6.07, 6.45) is 2.29. The first kappa shape index (κ1) is 18.9. The summed E-state index contributed by atoms with van der Waals surface area (Å²) < 4.78 is 5.26. The quantitative estimate of drug-likeness (QED) is 0.482. The topological polar surface area (TPSA) is 29.5 Å². The van der Waals surface area contributed by atoms with E-state index >= 15 is 0 Å². The van der Waals surface area contributed by atoms with E-state index in [4.69, 9.17) is 27.9 Å².